The monoisotopic (exact) mass is 434 g/mol. The van der Waals surface area contributed by atoms with Gasteiger partial charge >= 0.3 is 12.2 Å². The first-order valence-electron chi connectivity index (χ1n) is 9.37. The Morgan fingerprint density at radius 3 is 2.20 bits per heavy atom. The van der Waals surface area contributed by atoms with Gasteiger partial charge in [0.05, 0.1) is 16.7 Å². The van der Waals surface area contributed by atoms with Gasteiger partial charge in [-0.25, -0.2) is 18.0 Å². The highest BCUT2D eigenvalue weighted by molar-refractivity contribution is 7.91. The summed E-state index contributed by atoms with van der Waals surface area (Å²) in [5.41, 5.74) is 1.41. The van der Waals surface area contributed by atoms with Gasteiger partial charge in [-0.3, -0.25) is 0 Å². The lowest BCUT2D eigenvalue weighted by molar-refractivity contribution is 0.0993. The minimum absolute atomic E-state index is 0.0136. The molecular weight excluding hydrogens is 408 g/mol. The van der Waals surface area contributed by atoms with E-state index in [2.05, 4.69) is 5.32 Å². The fourth-order valence-electron chi connectivity index (χ4n) is 2.49. The number of carbonyl (C=O) groups excluding carboxylic acids is 2. The maximum Gasteiger partial charge on any atom is 0.409 e. The molecule has 0 saturated carbocycles. The summed E-state index contributed by atoms with van der Waals surface area (Å²) >= 11 is 0. The normalized spacial score (nSPS) is 12.0. The number of amides is 2. The highest BCUT2D eigenvalue weighted by Gasteiger charge is 2.20. The van der Waals surface area contributed by atoms with Gasteiger partial charge in [0.2, 0.25) is 0 Å². The van der Waals surface area contributed by atoms with Gasteiger partial charge in [0.15, 0.2) is 9.84 Å². The van der Waals surface area contributed by atoms with Crippen LogP contribution in [0.1, 0.15) is 24.1 Å². The van der Waals surface area contributed by atoms with E-state index in [1.807, 2.05) is 30.3 Å². The molecule has 2 aromatic carbocycles. The molecular formula is C21H26N2O6S. The molecule has 9 heteroatoms. The molecule has 162 valence electrons. The highest BCUT2D eigenvalue weighted by atomic mass is 32.2. The lowest BCUT2D eigenvalue weighted by atomic mass is 10.1. The zero-order chi connectivity index (χ0) is 22.1. The summed E-state index contributed by atoms with van der Waals surface area (Å²) in [4.78, 5) is 25.5. The highest BCUT2D eigenvalue weighted by Crippen LogP contribution is 2.19. The SMILES string of the molecule is CCS(=O)(=O)c1ccc([C@H](COC(=O)N(C)C)NC(=O)OCc2ccccc2)cc1. The number of alkyl carbamates (subject to hydrolysis) is 1. The van der Waals surface area contributed by atoms with Crippen molar-refractivity contribution >= 4 is 22.0 Å². The van der Waals surface area contributed by atoms with Crippen LogP contribution in [0.2, 0.25) is 0 Å². The van der Waals surface area contributed by atoms with Crippen molar-refractivity contribution in [3.8, 4) is 0 Å². The van der Waals surface area contributed by atoms with Gasteiger partial charge < -0.3 is 19.7 Å². The largest absolute Gasteiger partial charge is 0.447 e. The van der Waals surface area contributed by atoms with Crippen LogP contribution in [0.25, 0.3) is 0 Å². The number of ether oxygens (including phenoxy) is 2. The molecule has 0 radical (unpaired) electrons. The average molecular weight is 435 g/mol. The first kappa shape index (κ1) is 23.2. The predicted molar refractivity (Wildman–Crippen MR) is 112 cm³/mol. The molecule has 8 nitrogen and oxygen atoms in total. The van der Waals surface area contributed by atoms with Gasteiger partial charge in [-0.15, -0.1) is 0 Å². The van der Waals surface area contributed by atoms with Crippen molar-refractivity contribution in [3.05, 3.63) is 65.7 Å². The number of nitrogens with one attached hydrogen (secondary N) is 1. The van der Waals surface area contributed by atoms with Gasteiger partial charge in [-0.2, -0.15) is 0 Å². The molecule has 30 heavy (non-hydrogen) atoms. The molecule has 0 aromatic heterocycles. The molecule has 1 atom stereocenters. The number of nitrogens with zero attached hydrogens (tertiary/aromatic N) is 1. The third-order valence-electron chi connectivity index (χ3n) is 4.27. The summed E-state index contributed by atoms with van der Waals surface area (Å²) in [6.07, 6.45) is -1.25. The van der Waals surface area contributed by atoms with E-state index in [1.165, 1.54) is 17.0 Å². The fraction of sp³-hybridized carbons (Fsp3) is 0.333. The molecule has 2 aromatic rings. The maximum atomic E-state index is 12.3. The Labute approximate surface area is 176 Å². The number of benzene rings is 2. The van der Waals surface area contributed by atoms with E-state index in [0.29, 0.717) is 5.56 Å². The van der Waals surface area contributed by atoms with Crippen LogP contribution < -0.4 is 5.32 Å². The Balaban J connectivity index is 2.11. The third kappa shape index (κ3) is 6.77. The van der Waals surface area contributed by atoms with E-state index in [4.69, 9.17) is 9.47 Å². The first-order chi connectivity index (χ1) is 14.2. The van der Waals surface area contributed by atoms with Crippen LogP contribution in [0.4, 0.5) is 9.59 Å². The van der Waals surface area contributed by atoms with Gasteiger partial charge in [0.25, 0.3) is 0 Å². The number of hydrogen-bond acceptors (Lipinski definition) is 6. The summed E-state index contributed by atoms with van der Waals surface area (Å²) in [7, 11) is -0.254. The molecule has 2 amide bonds. The lowest BCUT2D eigenvalue weighted by Gasteiger charge is -2.20. The van der Waals surface area contributed by atoms with E-state index in [-0.39, 0.29) is 23.9 Å². The lowest BCUT2D eigenvalue weighted by Crippen LogP contribution is -2.34. The van der Waals surface area contributed by atoms with Crippen LogP contribution >= 0.6 is 0 Å². The van der Waals surface area contributed by atoms with Crippen molar-refractivity contribution in [2.24, 2.45) is 0 Å². The second-order valence-electron chi connectivity index (χ2n) is 6.70. The summed E-state index contributed by atoms with van der Waals surface area (Å²) in [6.45, 7) is 1.51. The second-order valence-corrected chi connectivity index (χ2v) is 8.98. The molecule has 0 fully saturated rings. The van der Waals surface area contributed by atoms with Gasteiger partial charge in [0.1, 0.15) is 13.2 Å². The van der Waals surface area contributed by atoms with Crippen molar-refractivity contribution in [2.45, 2.75) is 24.5 Å². The molecule has 2 rings (SSSR count). The van der Waals surface area contributed by atoms with Gasteiger partial charge in [-0.05, 0) is 23.3 Å². The maximum absolute atomic E-state index is 12.3. The zero-order valence-electron chi connectivity index (χ0n) is 17.2. The van der Waals surface area contributed by atoms with Crippen molar-refractivity contribution < 1.29 is 27.5 Å². The van der Waals surface area contributed by atoms with Crippen LogP contribution in [0.3, 0.4) is 0 Å². The van der Waals surface area contributed by atoms with Gasteiger partial charge in [-0.1, -0.05) is 49.4 Å². The molecule has 0 bridgehead atoms. The van der Waals surface area contributed by atoms with Crippen molar-refractivity contribution in [1.82, 2.24) is 10.2 Å². The van der Waals surface area contributed by atoms with Gasteiger partial charge in [0, 0.05) is 14.1 Å². The van der Waals surface area contributed by atoms with Crippen molar-refractivity contribution in [2.75, 3.05) is 26.5 Å². The van der Waals surface area contributed by atoms with E-state index in [1.54, 1.807) is 33.2 Å². The zero-order valence-corrected chi connectivity index (χ0v) is 18.0. The van der Waals surface area contributed by atoms with E-state index in [0.717, 1.165) is 5.56 Å². The van der Waals surface area contributed by atoms with E-state index in [9.17, 15) is 18.0 Å². The number of hydrogen-bond donors (Lipinski definition) is 1. The quantitative estimate of drug-likeness (QED) is 0.685. The Hall–Kier alpha value is -3.07. The van der Waals surface area contributed by atoms with E-state index >= 15 is 0 Å². The Bertz CT molecular complexity index is 943. The van der Waals surface area contributed by atoms with Crippen LogP contribution in [-0.2, 0) is 25.9 Å². The van der Waals surface area contributed by atoms with Crippen molar-refractivity contribution in [1.29, 1.82) is 0 Å². The third-order valence-corrected chi connectivity index (χ3v) is 6.02. The summed E-state index contributed by atoms with van der Waals surface area (Å²) in [6, 6.07) is 14.6. The standard InChI is InChI=1S/C21H26N2O6S/c1-4-30(26,27)18-12-10-17(11-13-18)19(15-29-21(25)23(2)3)22-20(24)28-14-16-8-6-5-7-9-16/h5-13,19H,4,14-15H2,1-3H3,(H,22,24)/t19-/m0/s1. The second kappa shape index (κ2) is 10.6. The smallest absolute Gasteiger partial charge is 0.409 e. The van der Waals surface area contributed by atoms with Crippen molar-refractivity contribution in [3.63, 3.8) is 0 Å². The Morgan fingerprint density at radius 1 is 1.00 bits per heavy atom. The summed E-state index contributed by atoms with van der Waals surface area (Å²) < 4.78 is 34.4. The first-order valence-corrected chi connectivity index (χ1v) is 11.0. The molecule has 0 heterocycles. The van der Waals surface area contributed by atoms with Crippen LogP contribution in [0, 0.1) is 0 Å². The number of carbonyl (C=O) groups is 2. The molecule has 0 saturated heterocycles. The summed E-state index contributed by atoms with van der Waals surface area (Å²) in [5.74, 6) is -0.0136. The van der Waals surface area contributed by atoms with Crippen LogP contribution in [-0.4, -0.2) is 52.0 Å². The molecule has 0 unspecified atom stereocenters. The average Bonchev–Trinajstić information content (AvgIpc) is 2.75. The van der Waals surface area contributed by atoms with Crippen LogP contribution in [0.15, 0.2) is 59.5 Å². The Morgan fingerprint density at radius 2 is 1.63 bits per heavy atom. The predicted octanol–water partition coefficient (Wildman–Crippen LogP) is 3.15. The van der Waals surface area contributed by atoms with Crippen LogP contribution in [0.5, 0.6) is 0 Å². The molecule has 0 aliphatic carbocycles. The number of rotatable bonds is 8. The van der Waals surface area contributed by atoms with E-state index < -0.39 is 28.1 Å². The topological polar surface area (TPSA) is 102 Å². The Kier molecular flexibility index (Phi) is 8.23. The minimum atomic E-state index is -3.34. The molecule has 0 aliphatic rings. The molecule has 1 N–H and O–H groups in total. The molecule has 0 spiro atoms. The molecule has 0 aliphatic heterocycles. The number of sulfone groups is 1. The fourth-order valence-corrected chi connectivity index (χ4v) is 3.37. The minimum Gasteiger partial charge on any atom is -0.447 e. The summed E-state index contributed by atoms with van der Waals surface area (Å²) in [5, 5.41) is 2.66.